The van der Waals surface area contributed by atoms with Crippen molar-refractivity contribution in [3.05, 3.63) is 41.4 Å². The average molecular weight is 332 g/mol. The van der Waals surface area contributed by atoms with E-state index >= 15 is 0 Å². The quantitative estimate of drug-likeness (QED) is 0.760. The number of para-hydroxylation sites is 1. The molecule has 122 valence electrons. The third-order valence-electron chi connectivity index (χ3n) is 2.85. The van der Waals surface area contributed by atoms with Crippen LogP contribution in [0.15, 0.2) is 35.7 Å². The SMILES string of the molecule is CC(C)CNC(=O)Cc1csc(NC(=O)Nc2ccccc2)n1. The molecule has 0 unspecified atom stereocenters. The van der Waals surface area contributed by atoms with Crippen molar-refractivity contribution in [2.45, 2.75) is 20.3 Å². The number of hydrogen-bond acceptors (Lipinski definition) is 4. The van der Waals surface area contributed by atoms with Crippen LogP contribution in [0.2, 0.25) is 0 Å². The molecule has 23 heavy (non-hydrogen) atoms. The molecule has 0 bridgehead atoms. The fourth-order valence-corrected chi connectivity index (χ4v) is 2.48. The first-order chi connectivity index (χ1) is 11.0. The molecular formula is C16H20N4O2S. The first-order valence-corrected chi connectivity index (χ1v) is 8.25. The number of aromatic nitrogens is 1. The van der Waals surface area contributed by atoms with E-state index in [9.17, 15) is 9.59 Å². The van der Waals surface area contributed by atoms with Crippen LogP contribution in [0.3, 0.4) is 0 Å². The van der Waals surface area contributed by atoms with Gasteiger partial charge < -0.3 is 10.6 Å². The molecule has 2 rings (SSSR count). The number of rotatable bonds is 6. The summed E-state index contributed by atoms with van der Waals surface area (Å²) in [6.07, 6.45) is 0.213. The zero-order chi connectivity index (χ0) is 16.7. The number of nitrogens with one attached hydrogen (secondary N) is 3. The van der Waals surface area contributed by atoms with Crippen LogP contribution in [0, 0.1) is 5.92 Å². The molecule has 1 aromatic heterocycles. The predicted molar refractivity (Wildman–Crippen MR) is 92.7 cm³/mol. The minimum Gasteiger partial charge on any atom is -0.356 e. The largest absolute Gasteiger partial charge is 0.356 e. The highest BCUT2D eigenvalue weighted by Crippen LogP contribution is 2.16. The van der Waals surface area contributed by atoms with Gasteiger partial charge in [-0.15, -0.1) is 11.3 Å². The maximum atomic E-state index is 11.9. The maximum Gasteiger partial charge on any atom is 0.325 e. The normalized spacial score (nSPS) is 10.4. The molecule has 0 aliphatic heterocycles. The zero-order valence-electron chi connectivity index (χ0n) is 13.1. The molecule has 3 N–H and O–H groups in total. The number of carbonyl (C=O) groups excluding carboxylic acids is 2. The van der Waals surface area contributed by atoms with Gasteiger partial charge in [0.2, 0.25) is 5.91 Å². The minimum absolute atomic E-state index is 0.0655. The molecule has 0 saturated carbocycles. The highest BCUT2D eigenvalue weighted by Gasteiger charge is 2.10. The van der Waals surface area contributed by atoms with Crippen molar-refractivity contribution < 1.29 is 9.59 Å². The smallest absolute Gasteiger partial charge is 0.325 e. The maximum absolute atomic E-state index is 11.9. The Kier molecular flexibility index (Phi) is 6.10. The van der Waals surface area contributed by atoms with E-state index in [1.807, 2.05) is 32.0 Å². The molecule has 0 radical (unpaired) electrons. The molecule has 1 heterocycles. The predicted octanol–water partition coefficient (Wildman–Crippen LogP) is 3.10. The molecule has 0 aliphatic rings. The molecule has 6 nitrogen and oxygen atoms in total. The van der Waals surface area contributed by atoms with Gasteiger partial charge in [-0.1, -0.05) is 32.0 Å². The molecule has 0 saturated heterocycles. The number of carbonyl (C=O) groups is 2. The zero-order valence-corrected chi connectivity index (χ0v) is 13.9. The molecule has 7 heteroatoms. The van der Waals surface area contributed by atoms with E-state index < -0.39 is 0 Å². The van der Waals surface area contributed by atoms with Gasteiger partial charge in [-0.3, -0.25) is 10.1 Å². The van der Waals surface area contributed by atoms with Gasteiger partial charge in [0.1, 0.15) is 0 Å². The number of anilines is 2. The van der Waals surface area contributed by atoms with Gasteiger partial charge in [-0.25, -0.2) is 9.78 Å². The van der Waals surface area contributed by atoms with Crippen LogP contribution in [-0.4, -0.2) is 23.5 Å². The second-order valence-corrected chi connectivity index (χ2v) is 6.32. The van der Waals surface area contributed by atoms with E-state index in [0.29, 0.717) is 29.0 Å². The highest BCUT2D eigenvalue weighted by molar-refractivity contribution is 7.13. The van der Waals surface area contributed by atoms with E-state index in [1.165, 1.54) is 11.3 Å². The van der Waals surface area contributed by atoms with E-state index in [0.717, 1.165) is 0 Å². The number of nitrogens with zero attached hydrogens (tertiary/aromatic N) is 1. The Morgan fingerprint density at radius 3 is 2.61 bits per heavy atom. The van der Waals surface area contributed by atoms with Crippen LogP contribution in [0.5, 0.6) is 0 Å². The highest BCUT2D eigenvalue weighted by atomic mass is 32.1. The van der Waals surface area contributed by atoms with Crippen LogP contribution < -0.4 is 16.0 Å². The fraction of sp³-hybridized carbons (Fsp3) is 0.312. The van der Waals surface area contributed by atoms with Gasteiger partial charge in [-0.2, -0.15) is 0 Å². The van der Waals surface area contributed by atoms with E-state index in [4.69, 9.17) is 0 Å². The minimum atomic E-state index is -0.360. The van der Waals surface area contributed by atoms with Gasteiger partial charge >= 0.3 is 6.03 Å². The number of thiazole rings is 1. The summed E-state index contributed by atoms with van der Waals surface area (Å²) >= 11 is 1.29. The van der Waals surface area contributed by atoms with Gasteiger partial charge in [0.15, 0.2) is 5.13 Å². The Bertz CT molecular complexity index is 655. The van der Waals surface area contributed by atoms with Gasteiger partial charge in [0, 0.05) is 17.6 Å². The Morgan fingerprint density at radius 2 is 1.91 bits per heavy atom. The van der Waals surface area contributed by atoms with Crippen LogP contribution >= 0.6 is 11.3 Å². The summed E-state index contributed by atoms with van der Waals surface area (Å²) in [5.74, 6) is 0.345. The number of hydrogen-bond donors (Lipinski definition) is 3. The third-order valence-corrected chi connectivity index (χ3v) is 3.66. The first-order valence-electron chi connectivity index (χ1n) is 7.37. The summed E-state index contributed by atoms with van der Waals surface area (Å²) in [4.78, 5) is 27.8. The van der Waals surface area contributed by atoms with Crippen molar-refractivity contribution in [3.63, 3.8) is 0 Å². The van der Waals surface area contributed by atoms with Crippen LogP contribution in [0.25, 0.3) is 0 Å². The Labute approximate surface area is 139 Å². The molecule has 3 amide bonds. The molecule has 0 spiro atoms. The summed E-state index contributed by atoms with van der Waals surface area (Å²) in [6.45, 7) is 4.72. The summed E-state index contributed by atoms with van der Waals surface area (Å²) in [5, 5.41) is 10.4. The van der Waals surface area contributed by atoms with Gasteiger partial charge in [0.25, 0.3) is 0 Å². The van der Waals surface area contributed by atoms with Crippen molar-refractivity contribution in [3.8, 4) is 0 Å². The lowest BCUT2D eigenvalue weighted by atomic mass is 10.2. The van der Waals surface area contributed by atoms with Crippen molar-refractivity contribution >= 4 is 34.1 Å². The second-order valence-electron chi connectivity index (χ2n) is 5.46. The summed E-state index contributed by atoms with van der Waals surface area (Å²) < 4.78 is 0. The van der Waals surface area contributed by atoms with Crippen LogP contribution in [0.1, 0.15) is 19.5 Å². The van der Waals surface area contributed by atoms with E-state index in [-0.39, 0.29) is 18.4 Å². The second kappa shape index (κ2) is 8.28. The summed E-state index contributed by atoms with van der Waals surface area (Å²) in [6, 6.07) is 8.79. The number of amides is 3. The topological polar surface area (TPSA) is 83.1 Å². The lowest BCUT2D eigenvalue weighted by Gasteiger charge is -2.06. The lowest BCUT2D eigenvalue weighted by Crippen LogP contribution is -2.28. The monoisotopic (exact) mass is 332 g/mol. The van der Waals surface area contributed by atoms with Crippen molar-refractivity contribution in [1.82, 2.24) is 10.3 Å². The lowest BCUT2D eigenvalue weighted by molar-refractivity contribution is -0.120. The van der Waals surface area contributed by atoms with Gasteiger partial charge in [-0.05, 0) is 18.1 Å². The molecule has 0 fully saturated rings. The van der Waals surface area contributed by atoms with Crippen LogP contribution in [0.4, 0.5) is 15.6 Å². The summed E-state index contributed by atoms with van der Waals surface area (Å²) in [5.41, 5.74) is 1.35. The third kappa shape index (κ3) is 6.07. The molecular weight excluding hydrogens is 312 g/mol. The van der Waals surface area contributed by atoms with Crippen molar-refractivity contribution in [1.29, 1.82) is 0 Å². The first kappa shape index (κ1) is 17.0. The molecule has 2 aromatic rings. The van der Waals surface area contributed by atoms with Crippen molar-refractivity contribution in [2.24, 2.45) is 5.92 Å². The Balaban J connectivity index is 1.82. The molecule has 1 aromatic carbocycles. The summed E-state index contributed by atoms with van der Waals surface area (Å²) in [7, 11) is 0. The number of benzene rings is 1. The fourth-order valence-electron chi connectivity index (χ4n) is 1.77. The number of urea groups is 1. The van der Waals surface area contributed by atoms with Gasteiger partial charge in [0.05, 0.1) is 12.1 Å². The Morgan fingerprint density at radius 1 is 1.17 bits per heavy atom. The van der Waals surface area contributed by atoms with Crippen LogP contribution in [-0.2, 0) is 11.2 Å². The van der Waals surface area contributed by atoms with Crippen molar-refractivity contribution in [2.75, 3.05) is 17.2 Å². The van der Waals surface area contributed by atoms with E-state index in [1.54, 1.807) is 17.5 Å². The van der Waals surface area contributed by atoms with E-state index in [2.05, 4.69) is 20.9 Å². The molecule has 0 atom stereocenters. The standard InChI is InChI=1S/C16H20N4O2S/c1-11(2)9-17-14(21)8-13-10-23-16(19-13)20-15(22)18-12-6-4-3-5-7-12/h3-7,10-11H,8-9H2,1-2H3,(H,17,21)(H2,18,19,20,22). The Hall–Kier alpha value is -2.41. The average Bonchev–Trinajstić information content (AvgIpc) is 2.93. The molecule has 0 aliphatic carbocycles.